The predicted molar refractivity (Wildman–Crippen MR) is 107 cm³/mol. The predicted octanol–water partition coefficient (Wildman–Crippen LogP) is 1.97. The Hall–Kier alpha value is -1.82. The van der Waals surface area contributed by atoms with Crippen molar-refractivity contribution in [3.63, 3.8) is 0 Å². The summed E-state index contributed by atoms with van der Waals surface area (Å²) in [6.07, 6.45) is 6.58. The van der Waals surface area contributed by atoms with E-state index in [0.717, 1.165) is 6.67 Å². The van der Waals surface area contributed by atoms with E-state index in [1.54, 1.807) is 30.3 Å². The van der Waals surface area contributed by atoms with Gasteiger partial charge in [0.25, 0.3) is 0 Å². The minimum absolute atomic E-state index is 0.0834. The van der Waals surface area contributed by atoms with Crippen LogP contribution in [0.3, 0.4) is 0 Å². The van der Waals surface area contributed by atoms with Crippen LogP contribution in [0.15, 0.2) is 42.7 Å². The van der Waals surface area contributed by atoms with Gasteiger partial charge >= 0.3 is 5.97 Å². The Bertz CT molecular complexity index is 624. The smallest absolute Gasteiger partial charge is 0.306 e. The second kappa shape index (κ2) is 12.5. The van der Waals surface area contributed by atoms with E-state index in [9.17, 15) is 14.3 Å². The molecule has 0 bridgehead atoms. The minimum Gasteiger partial charge on any atom is -0.463 e. The van der Waals surface area contributed by atoms with Crippen LogP contribution in [0.25, 0.3) is 0 Å². The first kappa shape index (κ1) is 23.2. The molecular formula is C19H31N2O5P. The maximum Gasteiger partial charge on any atom is 0.306 e. The summed E-state index contributed by atoms with van der Waals surface area (Å²) >= 11 is 0. The number of aliphatic hydroxyl groups is 1. The van der Waals surface area contributed by atoms with Gasteiger partial charge < -0.3 is 24.5 Å². The highest BCUT2D eigenvalue weighted by Gasteiger charge is 2.22. The molecule has 0 amide bonds. The highest BCUT2D eigenvalue weighted by molar-refractivity contribution is 7.66. The second-order valence-electron chi connectivity index (χ2n) is 6.32. The molecule has 1 unspecified atom stereocenters. The van der Waals surface area contributed by atoms with Crippen molar-refractivity contribution in [3.8, 4) is 0 Å². The van der Waals surface area contributed by atoms with Crippen LogP contribution in [-0.2, 0) is 14.1 Å². The molecule has 1 atom stereocenters. The second-order valence-corrected chi connectivity index (χ2v) is 8.68. The van der Waals surface area contributed by atoms with Crippen LogP contribution < -0.4 is 5.30 Å². The lowest BCUT2D eigenvalue weighted by Gasteiger charge is -2.17. The number of ether oxygens (including phenoxy) is 1. The van der Waals surface area contributed by atoms with Crippen molar-refractivity contribution in [2.24, 2.45) is 0 Å². The molecule has 1 aromatic carbocycles. The van der Waals surface area contributed by atoms with Crippen LogP contribution in [0, 0.1) is 0 Å². The number of unbranched alkanes of at least 4 members (excludes halogenated alkanes) is 1. The van der Waals surface area contributed by atoms with Gasteiger partial charge in [-0.15, -0.1) is 0 Å². The van der Waals surface area contributed by atoms with Gasteiger partial charge in [-0.1, -0.05) is 31.5 Å². The first-order valence-electron chi connectivity index (χ1n) is 9.15. The van der Waals surface area contributed by atoms with Crippen molar-refractivity contribution in [2.45, 2.75) is 26.2 Å². The molecule has 1 heterocycles. The van der Waals surface area contributed by atoms with Gasteiger partial charge in [0, 0.05) is 37.5 Å². The summed E-state index contributed by atoms with van der Waals surface area (Å²) in [6, 6.07) is 8.20. The lowest BCUT2D eigenvalue weighted by atomic mass is 10.3. The maximum absolute atomic E-state index is 11.9. The third-order valence-corrected chi connectivity index (χ3v) is 5.80. The lowest BCUT2D eigenvalue weighted by Crippen LogP contribution is -2.23. The number of hydrogen-bond donors (Lipinski definition) is 2. The molecule has 0 spiro atoms. The zero-order chi connectivity index (χ0) is 20.1. The molecule has 1 aromatic rings. The normalized spacial score (nSPS) is 15.1. The van der Waals surface area contributed by atoms with E-state index >= 15 is 0 Å². The van der Waals surface area contributed by atoms with E-state index in [1.807, 2.05) is 0 Å². The Labute approximate surface area is 161 Å². The number of esters is 1. The monoisotopic (exact) mass is 398 g/mol. The summed E-state index contributed by atoms with van der Waals surface area (Å²) in [5.41, 5.74) is 0. The fourth-order valence-electron chi connectivity index (χ4n) is 2.36. The average molecular weight is 398 g/mol. The van der Waals surface area contributed by atoms with Crippen molar-refractivity contribution < 1.29 is 24.1 Å². The van der Waals surface area contributed by atoms with Gasteiger partial charge in [-0.05, 0) is 18.6 Å². The molecular weight excluding hydrogens is 367 g/mol. The quantitative estimate of drug-likeness (QED) is 0.485. The Kier molecular flexibility index (Phi) is 10.8. The third kappa shape index (κ3) is 9.61. The molecule has 0 fully saturated rings. The van der Waals surface area contributed by atoms with Crippen molar-refractivity contribution in [2.75, 3.05) is 39.6 Å². The maximum atomic E-state index is 11.9. The molecule has 2 N–H and O–H groups in total. The average Bonchev–Trinajstić information content (AvgIpc) is 3.09. The van der Waals surface area contributed by atoms with Crippen LogP contribution in [0.5, 0.6) is 0 Å². The molecule has 152 valence electrons. The van der Waals surface area contributed by atoms with Gasteiger partial charge in [-0.3, -0.25) is 9.36 Å². The van der Waals surface area contributed by atoms with E-state index < -0.39 is 13.3 Å². The van der Waals surface area contributed by atoms with Gasteiger partial charge in [-0.25, -0.2) is 0 Å². The first-order chi connectivity index (χ1) is 12.9. The molecule has 0 saturated carbocycles. The van der Waals surface area contributed by atoms with E-state index in [1.165, 1.54) is 19.4 Å². The van der Waals surface area contributed by atoms with Gasteiger partial charge in [0.15, 0.2) is 0 Å². The fourth-order valence-corrected chi connectivity index (χ4v) is 3.74. The molecule has 0 aromatic heterocycles. The Morgan fingerprint density at radius 2 is 1.96 bits per heavy atom. The fraction of sp³-hybridized carbons (Fsp3) is 0.526. The van der Waals surface area contributed by atoms with Crippen molar-refractivity contribution >= 4 is 18.6 Å². The molecule has 8 heteroatoms. The summed E-state index contributed by atoms with van der Waals surface area (Å²) in [4.78, 5) is 25.4. The van der Waals surface area contributed by atoms with E-state index in [2.05, 4.69) is 40.9 Å². The van der Waals surface area contributed by atoms with E-state index in [4.69, 9.17) is 5.11 Å². The van der Waals surface area contributed by atoms with Crippen LogP contribution in [0.4, 0.5) is 0 Å². The summed E-state index contributed by atoms with van der Waals surface area (Å²) in [7, 11) is -1.39. The number of nitrogens with zero attached hydrogens (tertiary/aromatic N) is 2. The molecule has 7 nitrogen and oxygen atoms in total. The van der Waals surface area contributed by atoms with Gasteiger partial charge in [-0.2, -0.15) is 0 Å². The molecule has 1 aliphatic heterocycles. The van der Waals surface area contributed by atoms with E-state index in [-0.39, 0.29) is 25.8 Å². The number of benzene rings is 1. The Balaban J connectivity index is 0.000000309. The minimum atomic E-state index is -3.49. The summed E-state index contributed by atoms with van der Waals surface area (Å²) in [5.74, 6) is -0.579. The zero-order valence-electron chi connectivity index (χ0n) is 16.2. The standard InChI is InChI=1S/C11H15O5P.C8H16N2/c12-7-8-16-11(13)6-9-17(14,15)10-4-2-1-3-5-10;1-3-4-5-10-7-6-9(2)8-10/h1-5,12H,6-9H2,(H,14,15);6-7H,3-5,8H2,1-2H3. The summed E-state index contributed by atoms with van der Waals surface area (Å²) in [6.45, 7) is 4.17. The number of carbonyl (C=O) groups is 1. The molecule has 0 radical (unpaired) electrons. The third-order valence-electron chi connectivity index (χ3n) is 3.87. The largest absolute Gasteiger partial charge is 0.463 e. The van der Waals surface area contributed by atoms with E-state index in [0.29, 0.717) is 5.30 Å². The molecule has 27 heavy (non-hydrogen) atoms. The van der Waals surface area contributed by atoms with Crippen LogP contribution in [0.2, 0.25) is 0 Å². The van der Waals surface area contributed by atoms with Gasteiger partial charge in [0.1, 0.15) is 6.61 Å². The first-order valence-corrected chi connectivity index (χ1v) is 11.0. The van der Waals surface area contributed by atoms with Gasteiger partial charge in [0.2, 0.25) is 7.37 Å². The molecule has 0 saturated heterocycles. The summed E-state index contributed by atoms with van der Waals surface area (Å²) < 4.78 is 16.5. The number of hydrogen-bond acceptors (Lipinski definition) is 6. The SMILES string of the molecule is CCCCN1C=CN(C)C1.O=C(CCP(=O)(O)c1ccccc1)OCCO. The zero-order valence-corrected chi connectivity index (χ0v) is 17.1. The lowest BCUT2D eigenvalue weighted by molar-refractivity contribution is -0.144. The molecule has 1 aliphatic rings. The van der Waals surface area contributed by atoms with Crippen molar-refractivity contribution in [3.05, 3.63) is 42.7 Å². The van der Waals surface area contributed by atoms with Crippen LogP contribution >= 0.6 is 7.37 Å². The molecule has 2 rings (SSSR count). The summed E-state index contributed by atoms with van der Waals surface area (Å²) in [5, 5.41) is 8.77. The van der Waals surface area contributed by atoms with Crippen molar-refractivity contribution in [1.82, 2.24) is 9.80 Å². The van der Waals surface area contributed by atoms with Crippen LogP contribution in [-0.4, -0.2) is 65.4 Å². The van der Waals surface area contributed by atoms with Crippen molar-refractivity contribution in [1.29, 1.82) is 0 Å². The highest BCUT2D eigenvalue weighted by Crippen LogP contribution is 2.39. The number of carbonyl (C=O) groups excluding carboxylic acids is 1. The van der Waals surface area contributed by atoms with Gasteiger partial charge in [0.05, 0.1) is 19.7 Å². The number of rotatable bonds is 9. The number of aliphatic hydroxyl groups excluding tert-OH is 1. The topological polar surface area (TPSA) is 90.3 Å². The molecule has 0 aliphatic carbocycles. The Morgan fingerprint density at radius 3 is 2.52 bits per heavy atom. The van der Waals surface area contributed by atoms with Crippen LogP contribution in [0.1, 0.15) is 26.2 Å². The highest BCUT2D eigenvalue weighted by atomic mass is 31.2. The Morgan fingerprint density at radius 1 is 1.26 bits per heavy atom.